The lowest BCUT2D eigenvalue weighted by molar-refractivity contribution is 0.968. The Morgan fingerprint density at radius 1 is 0.464 bits per heavy atom. The van der Waals surface area contributed by atoms with Gasteiger partial charge in [0.15, 0.2) is 0 Å². The highest BCUT2D eigenvalue weighted by Gasteiger charge is 2.22. The smallest absolute Gasteiger partial charge is 0.0992 e. The van der Waals surface area contributed by atoms with E-state index in [9.17, 15) is 5.26 Å². The summed E-state index contributed by atoms with van der Waals surface area (Å²) >= 11 is 0. The van der Waals surface area contributed by atoms with Gasteiger partial charge in [-0.25, -0.2) is 0 Å². The molecular formula is C53H33N3. The Bertz CT molecular complexity index is 3540. The minimum atomic E-state index is 0.668. The summed E-state index contributed by atoms with van der Waals surface area (Å²) in [6, 6.07) is 61.8. The Hall–Kier alpha value is -7.41. The van der Waals surface area contributed by atoms with E-state index in [1.54, 1.807) is 0 Å². The SMILES string of the molecule is N#Cc1cc(-c2ccc3cc(-n4c5c(c6cc7c8ccccc8n(-c8ccccc8)c7cc64)CCC=C5)ccc3c2)c2c3ccccc3c3ccccc3c2c1. The van der Waals surface area contributed by atoms with Gasteiger partial charge in [0, 0.05) is 33.2 Å². The molecule has 3 nitrogen and oxygen atoms in total. The van der Waals surface area contributed by atoms with Crippen molar-refractivity contribution in [2.45, 2.75) is 12.8 Å². The quantitative estimate of drug-likeness (QED) is 0.168. The first-order chi connectivity index (χ1) is 27.7. The van der Waals surface area contributed by atoms with Crippen molar-refractivity contribution in [2.75, 3.05) is 0 Å². The molecule has 0 fully saturated rings. The maximum atomic E-state index is 10.2. The van der Waals surface area contributed by atoms with Gasteiger partial charge in [-0.15, -0.1) is 0 Å². The van der Waals surface area contributed by atoms with E-state index >= 15 is 0 Å². The summed E-state index contributed by atoms with van der Waals surface area (Å²) in [6.07, 6.45) is 6.70. The molecule has 9 aromatic carbocycles. The molecule has 0 aliphatic heterocycles. The molecule has 0 amide bonds. The molecule has 3 heteroatoms. The lowest BCUT2D eigenvalue weighted by Crippen LogP contribution is -2.00. The second kappa shape index (κ2) is 11.8. The van der Waals surface area contributed by atoms with Crippen molar-refractivity contribution >= 4 is 81.9 Å². The van der Waals surface area contributed by atoms with Gasteiger partial charge in [0.2, 0.25) is 0 Å². The molecule has 1 aliphatic rings. The van der Waals surface area contributed by atoms with Crippen LogP contribution in [0, 0.1) is 11.3 Å². The van der Waals surface area contributed by atoms with Gasteiger partial charge < -0.3 is 9.13 Å². The molecule has 11 aromatic rings. The van der Waals surface area contributed by atoms with Crippen LogP contribution in [-0.4, -0.2) is 9.13 Å². The highest BCUT2D eigenvalue weighted by Crippen LogP contribution is 2.43. The van der Waals surface area contributed by atoms with Crippen LogP contribution in [0.5, 0.6) is 0 Å². The third kappa shape index (κ3) is 4.39. The van der Waals surface area contributed by atoms with Crippen LogP contribution in [0.3, 0.4) is 0 Å². The van der Waals surface area contributed by atoms with Crippen LogP contribution < -0.4 is 0 Å². The molecule has 260 valence electrons. The zero-order valence-electron chi connectivity index (χ0n) is 30.5. The highest BCUT2D eigenvalue weighted by atomic mass is 15.0. The molecule has 2 aromatic heterocycles. The fourth-order valence-electron chi connectivity index (χ4n) is 9.69. The maximum absolute atomic E-state index is 10.2. The fraction of sp³-hybridized carbons (Fsp3) is 0.0377. The molecule has 0 spiro atoms. The Labute approximate surface area is 323 Å². The minimum absolute atomic E-state index is 0.668. The largest absolute Gasteiger partial charge is 0.309 e. The average Bonchev–Trinajstić information content (AvgIpc) is 3.77. The van der Waals surface area contributed by atoms with Crippen molar-refractivity contribution in [1.29, 1.82) is 5.26 Å². The summed E-state index contributed by atoms with van der Waals surface area (Å²) in [4.78, 5) is 0. The summed E-state index contributed by atoms with van der Waals surface area (Å²) in [5.41, 5.74) is 11.5. The first-order valence-corrected chi connectivity index (χ1v) is 19.4. The van der Waals surface area contributed by atoms with Crippen LogP contribution in [0.2, 0.25) is 0 Å². The van der Waals surface area contributed by atoms with Gasteiger partial charge in [-0.3, -0.25) is 0 Å². The number of rotatable bonds is 3. The number of allylic oxidation sites excluding steroid dienone is 1. The van der Waals surface area contributed by atoms with E-state index in [4.69, 9.17) is 0 Å². The van der Waals surface area contributed by atoms with Gasteiger partial charge in [-0.1, -0.05) is 109 Å². The predicted molar refractivity (Wildman–Crippen MR) is 235 cm³/mol. The molecular weight excluding hydrogens is 679 g/mol. The monoisotopic (exact) mass is 711 g/mol. The molecule has 0 unspecified atom stereocenters. The number of hydrogen-bond donors (Lipinski definition) is 0. The van der Waals surface area contributed by atoms with Gasteiger partial charge >= 0.3 is 0 Å². The lowest BCUT2D eigenvalue weighted by Gasteiger charge is -2.16. The zero-order chi connectivity index (χ0) is 36.9. The molecule has 12 rings (SSSR count). The molecule has 0 N–H and O–H groups in total. The van der Waals surface area contributed by atoms with Crippen LogP contribution in [0.25, 0.3) is 104 Å². The van der Waals surface area contributed by atoms with Crippen molar-refractivity contribution in [3.63, 3.8) is 0 Å². The number of aromatic nitrogens is 2. The molecule has 0 atom stereocenters. The number of aryl methyl sites for hydroxylation is 1. The second-order valence-electron chi connectivity index (χ2n) is 15.1. The van der Waals surface area contributed by atoms with Crippen LogP contribution in [0.15, 0.2) is 170 Å². The molecule has 1 aliphatic carbocycles. The molecule has 0 radical (unpaired) electrons. The highest BCUT2D eigenvalue weighted by molar-refractivity contribution is 6.28. The Morgan fingerprint density at radius 3 is 1.96 bits per heavy atom. The molecule has 2 heterocycles. The number of nitriles is 1. The van der Waals surface area contributed by atoms with E-state index in [1.165, 1.54) is 81.7 Å². The van der Waals surface area contributed by atoms with Crippen LogP contribution >= 0.6 is 0 Å². The number of benzene rings is 9. The van der Waals surface area contributed by atoms with Crippen molar-refractivity contribution in [3.05, 3.63) is 187 Å². The predicted octanol–water partition coefficient (Wildman–Crippen LogP) is 13.8. The van der Waals surface area contributed by atoms with Crippen molar-refractivity contribution in [3.8, 4) is 28.6 Å². The molecule has 0 bridgehead atoms. The normalized spacial score (nSPS) is 12.8. The third-order valence-electron chi connectivity index (χ3n) is 12.1. The van der Waals surface area contributed by atoms with Crippen LogP contribution in [0.1, 0.15) is 23.2 Å². The van der Waals surface area contributed by atoms with E-state index in [-0.39, 0.29) is 0 Å². The zero-order valence-corrected chi connectivity index (χ0v) is 30.5. The number of fused-ring (bicyclic) bond motifs is 13. The second-order valence-corrected chi connectivity index (χ2v) is 15.1. The Morgan fingerprint density at radius 2 is 1.14 bits per heavy atom. The topological polar surface area (TPSA) is 33.6 Å². The van der Waals surface area contributed by atoms with Gasteiger partial charge in [0.05, 0.1) is 28.2 Å². The Balaban J connectivity index is 1.07. The first kappa shape index (κ1) is 31.0. The van der Waals surface area contributed by atoms with Gasteiger partial charge in [-0.05, 0) is 139 Å². The van der Waals surface area contributed by atoms with Gasteiger partial charge in [-0.2, -0.15) is 5.26 Å². The average molecular weight is 712 g/mol. The van der Waals surface area contributed by atoms with E-state index in [1.807, 2.05) is 0 Å². The van der Waals surface area contributed by atoms with Crippen LogP contribution in [-0.2, 0) is 6.42 Å². The summed E-state index contributed by atoms with van der Waals surface area (Å²) in [5.74, 6) is 0. The van der Waals surface area contributed by atoms with Gasteiger partial charge in [0.1, 0.15) is 0 Å². The van der Waals surface area contributed by atoms with E-state index in [0.717, 1.165) is 40.7 Å². The third-order valence-corrected chi connectivity index (χ3v) is 12.1. The van der Waals surface area contributed by atoms with Crippen molar-refractivity contribution < 1.29 is 0 Å². The molecule has 0 saturated heterocycles. The van der Waals surface area contributed by atoms with E-state index in [0.29, 0.717) is 5.56 Å². The lowest BCUT2D eigenvalue weighted by atomic mass is 9.88. The minimum Gasteiger partial charge on any atom is -0.309 e. The molecule has 0 saturated carbocycles. The van der Waals surface area contributed by atoms with E-state index in [2.05, 4.69) is 191 Å². The summed E-state index contributed by atoms with van der Waals surface area (Å²) in [5, 5.41) is 23.5. The van der Waals surface area contributed by atoms with Crippen molar-refractivity contribution in [2.24, 2.45) is 0 Å². The standard InChI is InChI=1S/C53H33N3/c54-32-33-26-45(53-44-19-7-6-15-40(44)39-14-4-5-16-41(39)48(53)27-33)36-23-22-35-29-38(25-24-34(35)28-36)56-50-21-11-9-18-43(50)47-30-46-42-17-8-10-20-49(42)55(51(46)31-52(47)56)37-12-2-1-3-13-37/h1-8,10-17,19-31H,9,18H2. The van der Waals surface area contributed by atoms with Crippen LogP contribution in [0.4, 0.5) is 0 Å². The van der Waals surface area contributed by atoms with E-state index < -0.39 is 0 Å². The summed E-state index contributed by atoms with van der Waals surface area (Å²) < 4.78 is 4.89. The number of nitrogens with zero attached hydrogens (tertiary/aromatic N) is 3. The summed E-state index contributed by atoms with van der Waals surface area (Å²) in [6.45, 7) is 0. The first-order valence-electron chi connectivity index (χ1n) is 19.4. The Kier molecular flexibility index (Phi) is 6.53. The number of hydrogen-bond acceptors (Lipinski definition) is 1. The van der Waals surface area contributed by atoms with Gasteiger partial charge in [0.25, 0.3) is 0 Å². The fourth-order valence-corrected chi connectivity index (χ4v) is 9.69. The van der Waals surface area contributed by atoms with Crippen molar-refractivity contribution in [1.82, 2.24) is 9.13 Å². The maximum Gasteiger partial charge on any atom is 0.0992 e. The number of para-hydroxylation sites is 2. The molecule has 56 heavy (non-hydrogen) atoms. The summed E-state index contributed by atoms with van der Waals surface area (Å²) in [7, 11) is 0.